The average Bonchev–Trinajstić information content (AvgIpc) is 2.57. The van der Waals surface area contributed by atoms with Crippen molar-refractivity contribution in [3.63, 3.8) is 0 Å². The minimum atomic E-state index is -3.79. The van der Waals surface area contributed by atoms with Crippen molar-refractivity contribution in [3.05, 3.63) is 16.7 Å². The van der Waals surface area contributed by atoms with Crippen LogP contribution in [0.5, 0.6) is 0 Å². The van der Waals surface area contributed by atoms with E-state index in [2.05, 4.69) is 25.6 Å². The second-order valence-corrected chi connectivity index (χ2v) is 7.57. The molecule has 8 heteroatoms. The normalized spacial score (nSPS) is 24.3. The Labute approximate surface area is 127 Å². The molecule has 1 heterocycles. The fraction of sp³-hybridized carbons (Fsp3) is 0.583. The number of nitrogens with two attached hydrogens (primary N) is 1. The van der Waals surface area contributed by atoms with Crippen molar-refractivity contribution in [1.82, 2.24) is 9.71 Å². The fourth-order valence-electron chi connectivity index (χ4n) is 2.33. The van der Waals surface area contributed by atoms with Crippen LogP contribution in [0.1, 0.15) is 32.1 Å². The highest BCUT2D eigenvalue weighted by Crippen LogP contribution is 2.23. The Bertz CT molecular complexity index is 579. The maximum Gasteiger partial charge on any atom is 0.244 e. The molecule has 0 radical (unpaired) electrons. The van der Waals surface area contributed by atoms with Crippen LogP contribution in [0.4, 0.5) is 5.82 Å². The van der Waals surface area contributed by atoms with Crippen LogP contribution in [0.25, 0.3) is 0 Å². The molecular weight excluding hydrogens is 346 g/mol. The Hall–Kier alpha value is -0.700. The van der Waals surface area contributed by atoms with Crippen LogP contribution in [-0.2, 0) is 10.0 Å². The summed E-state index contributed by atoms with van der Waals surface area (Å²) in [5.74, 6) is -0.0520. The van der Waals surface area contributed by atoms with Gasteiger partial charge in [-0.15, -0.1) is 0 Å². The van der Waals surface area contributed by atoms with Gasteiger partial charge in [-0.25, -0.2) is 18.1 Å². The monoisotopic (exact) mass is 363 g/mol. The molecule has 0 aromatic carbocycles. The largest absolute Gasteiger partial charge is 0.391 e. The number of aromatic nitrogens is 1. The molecule has 1 aliphatic rings. The number of nitrogen functional groups attached to an aromatic ring is 1. The topological polar surface area (TPSA) is 105 Å². The summed E-state index contributed by atoms with van der Waals surface area (Å²) < 4.78 is 27.8. The lowest BCUT2D eigenvalue weighted by atomic mass is 10.1. The highest BCUT2D eigenvalue weighted by atomic mass is 79.9. The maximum absolute atomic E-state index is 12.4. The molecule has 0 saturated heterocycles. The van der Waals surface area contributed by atoms with Crippen molar-refractivity contribution in [1.29, 1.82) is 0 Å². The first kappa shape index (κ1) is 15.7. The summed E-state index contributed by atoms with van der Waals surface area (Å²) in [7, 11) is -3.79. The van der Waals surface area contributed by atoms with Gasteiger partial charge in [0.25, 0.3) is 0 Å². The van der Waals surface area contributed by atoms with E-state index < -0.39 is 22.2 Å². The van der Waals surface area contributed by atoms with Crippen molar-refractivity contribution < 1.29 is 13.5 Å². The lowest BCUT2D eigenvalue weighted by molar-refractivity contribution is 0.130. The minimum Gasteiger partial charge on any atom is -0.391 e. The number of nitrogens with zero attached hydrogens (tertiary/aromatic N) is 1. The molecule has 112 valence electrons. The van der Waals surface area contributed by atoms with E-state index >= 15 is 0 Å². The van der Waals surface area contributed by atoms with Gasteiger partial charge in [-0.05, 0) is 34.8 Å². The molecule has 1 aromatic rings. The minimum absolute atomic E-state index is 0.0520. The van der Waals surface area contributed by atoms with Crippen LogP contribution in [0.3, 0.4) is 0 Å². The molecular formula is C12H18BrN3O3S. The summed E-state index contributed by atoms with van der Waals surface area (Å²) in [4.78, 5) is 3.76. The van der Waals surface area contributed by atoms with E-state index in [-0.39, 0.29) is 10.7 Å². The van der Waals surface area contributed by atoms with Crippen molar-refractivity contribution in [2.75, 3.05) is 5.73 Å². The third-order valence-electron chi connectivity index (χ3n) is 3.42. The van der Waals surface area contributed by atoms with E-state index in [0.717, 1.165) is 19.3 Å². The predicted molar refractivity (Wildman–Crippen MR) is 79.6 cm³/mol. The average molecular weight is 364 g/mol. The van der Waals surface area contributed by atoms with Crippen LogP contribution in [0.15, 0.2) is 21.6 Å². The molecule has 1 saturated carbocycles. The fourth-order valence-corrected chi connectivity index (χ4v) is 4.23. The second-order valence-electron chi connectivity index (χ2n) is 4.97. The summed E-state index contributed by atoms with van der Waals surface area (Å²) in [6.45, 7) is 0. The molecule has 0 bridgehead atoms. The molecule has 2 rings (SSSR count). The molecule has 2 unspecified atom stereocenters. The highest BCUT2D eigenvalue weighted by Gasteiger charge is 2.28. The molecule has 0 aliphatic heterocycles. The van der Waals surface area contributed by atoms with Crippen LogP contribution >= 0.6 is 15.9 Å². The molecule has 0 spiro atoms. The zero-order valence-electron chi connectivity index (χ0n) is 10.9. The van der Waals surface area contributed by atoms with Crippen LogP contribution in [-0.4, -0.2) is 30.7 Å². The second kappa shape index (κ2) is 6.38. The third kappa shape index (κ3) is 3.69. The predicted octanol–water partition coefficient (Wildman–Crippen LogP) is 1.40. The molecule has 1 aromatic heterocycles. The number of hydrogen-bond donors (Lipinski definition) is 3. The molecule has 1 fully saturated rings. The van der Waals surface area contributed by atoms with Gasteiger partial charge in [-0.1, -0.05) is 19.3 Å². The van der Waals surface area contributed by atoms with Crippen molar-refractivity contribution in [3.8, 4) is 0 Å². The molecule has 20 heavy (non-hydrogen) atoms. The molecule has 2 atom stereocenters. The van der Waals surface area contributed by atoms with E-state index in [0.29, 0.717) is 17.3 Å². The number of aliphatic hydroxyl groups excluding tert-OH is 1. The zero-order valence-corrected chi connectivity index (χ0v) is 13.3. The van der Waals surface area contributed by atoms with Gasteiger partial charge in [0.2, 0.25) is 10.0 Å². The first-order chi connectivity index (χ1) is 9.40. The first-order valence-electron chi connectivity index (χ1n) is 6.51. The third-order valence-corrected chi connectivity index (χ3v) is 5.38. The Morgan fingerprint density at radius 2 is 2.05 bits per heavy atom. The smallest absolute Gasteiger partial charge is 0.244 e. The van der Waals surface area contributed by atoms with E-state index in [9.17, 15) is 13.5 Å². The Kier molecular flexibility index (Phi) is 5.00. The van der Waals surface area contributed by atoms with Crippen molar-refractivity contribution in [2.24, 2.45) is 0 Å². The number of hydrogen-bond acceptors (Lipinski definition) is 5. The molecule has 1 aliphatic carbocycles. The summed E-state index contributed by atoms with van der Waals surface area (Å²) in [5.41, 5.74) is 5.63. The number of sulfonamides is 1. The van der Waals surface area contributed by atoms with Gasteiger partial charge in [0.05, 0.1) is 6.10 Å². The number of halogens is 1. The van der Waals surface area contributed by atoms with Gasteiger partial charge in [0.1, 0.15) is 10.7 Å². The van der Waals surface area contributed by atoms with E-state index in [1.807, 2.05) is 0 Å². The summed E-state index contributed by atoms with van der Waals surface area (Å²) in [6, 6.07) is 0.939. The number of aliphatic hydroxyl groups is 1. The number of rotatable bonds is 3. The number of anilines is 1. The van der Waals surface area contributed by atoms with E-state index in [1.54, 1.807) is 0 Å². The molecule has 6 nitrogen and oxygen atoms in total. The Balaban J connectivity index is 2.24. The van der Waals surface area contributed by atoms with Gasteiger partial charge in [0.15, 0.2) is 0 Å². The van der Waals surface area contributed by atoms with Crippen LogP contribution < -0.4 is 10.5 Å². The summed E-state index contributed by atoms with van der Waals surface area (Å²) in [6.07, 6.45) is 4.84. The Morgan fingerprint density at radius 1 is 1.35 bits per heavy atom. The van der Waals surface area contributed by atoms with Crippen LogP contribution in [0.2, 0.25) is 0 Å². The highest BCUT2D eigenvalue weighted by molar-refractivity contribution is 9.10. The standard InChI is InChI=1S/C12H18BrN3O3S/c13-8-6-11(12(14)15-7-8)20(18,19)16-9-4-2-1-3-5-10(9)17/h6-7,9-10,16-17H,1-5H2,(H2,14,15). The Morgan fingerprint density at radius 3 is 2.80 bits per heavy atom. The first-order valence-corrected chi connectivity index (χ1v) is 8.79. The molecule has 4 N–H and O–H groups in total. The lowest BCUT2D eigenvalue weighted by Crippen LogP contribution is -2.42. The van der Waals surface area contributed by atoms with Gasteiger partial charge in [-0.2, -0.15) is 0 Å². The zero-order chi connectivity index (χ0) is 14.8. The lowest BCUT2D eigenvalue weighted by Gasteiger charge is -2.21. The van der Waals surface area contributed by atoms with Gasteiger partial charge in [-0.3, -0.25) is 0 Å². The van der Waals surface area contributed by atoms with Crippen molar-refractivity contribution in [2.45, 2.75) is 49.1 Å². The quantitative estimate of drug-likeness (QED) is 0.703. The summed E-state index contributed by atoms with van der Waals surface area (Å²) >= 11 is 3.18. The number of nitrogens with one attached hydrogen (secondary N) is 1. The van der Waals surface area contributed by atoms with Gasteiger partial charge < -0.3 is 10.8 Å². The van der Waals surface area contributed by atoms with Gasteiger partial charge in [0, 0.05) is 16.7 Å². The molecule has 0 amide bonds. The maximum atomic E-state index is 12.4. The van der Waals surface area contributed by atoms with Gasteiger partial charge >= 0.3 is 0 Å². The number of pyridine rings is 1. The van der Waals surface area contributed by atoms with E-state index in [4.69, 9.17) is 5.73 Å². The van der Waals surface area contributed by atoms with E-state index in [1.165, 1.54) is 12.3 Å². The van der Waals surface area contributed by atoms with Crippen molar-refractivity contribution >= 4 is 31.8 Å². The van der Waals surface area contributed by atoms with Crippen LogP contribution in [0, 0.1) is 0 Å². The summed E-state index contributed by atoms with van der Waals surface area (Å²) in [5, 5.41) is 10.00. The SMILES string of the molecule is Nc1ncc(Br)cc1S(=O)(=O)NC1CCCCCC1O.